The van der Waals surface area contributed by atoms with Crippen LogP contribution < -0.4 is 4.90 Å². The lowest BCUT2D eigenvalue weighted by Crippen LogP contribution is -2.16. The molecule has 0 fully saturated rings. The third-order valence-electron chi connectivity index (χ3n) is 7.27. The fourth-order valence-electron chi connectivity index (χ4n) is 5.15. The zero-order valence-corrected chi connectivity index (χ0v) is 22.6. The van der Waals surface area contributed by atoms with Gasteiger partial charge in [0, 0.05) is 34.9 Å². The van der Waals surface area contributed by atoms with Crippen LogP contribution in [0.15, 0.2) is 115 Å². The lowest BCUT2D eigenvalue weighted by Gasteiger charge is -2.25. The molecule has 2 nitrogen and oxygen atoms in total. The Labute approximate surface area is 221 Å². The van der Waals surface area contributed by atoms with E-state index in [-0.39, 0.29) is 0 Å². The molecular formula is C35H36N2. The van der Waals surface area contributed by atoms with E-state index in [0.717, 1.165) is 6.42 Å². The van der Waals surface area contributed by atoms with Crippen LogP contribution in [0.25, 0.3) is 38.6 Å². The van der Waals surface area contributed by atoms with Gasteiger partial charge in [-0.15, -0.1) is 0 Å². The Morgan fingerprint density at radius 1 is 0.811 bits per heavy atom. The summed E-state index contributed by atoms with van der Waals surface area (Å²) in [6.07, 6.45) is 7.59. The highest BCUT2D eigenvalue weighted by atomic mass is 15.1. The largest absolute Gasteiger partial charge is 0.348 e. The normalized spacial score (nSPS) is 12.3. The van der Waals surface area contributed by atoms with Gasteiger partial charge in [0.15, 0.2) is 0 Å². The van der Waals surface area contributed by atoms with Gasteiger partial charge in [0.25, 0.3) is 0 Å². The molecule has 0 amide bonds. The molecular weight excluding hydrogens is 448 g/mol. The Morgan fingerprint density at radius 2 is 1.49 bits per heavy atom. The molecule has 4 aromatic carbocycles. The Kier molecular flexibility index (Phi) is 7.01. The topological polar surface area (TPSA) is 8.17 Å². The molecule has 0 atom stereocenters. The van der Waals surface area contributed by atoms with Gasteiger partial charge >= 0.3 is 0 Å². The first-order valence-electron chi connectivity index (χ1n) is 13.3. The zero-order chi connectivity index (χ0) is 25.9. The predicted molar refractivity (Wildman–Crippen MR) is 162 cm³/mol. The summed E-state index contributed by atoms with van der Waals surface area (Å²) in [6, 6.07) is 33.2. The molecule has 0 unspecified atom stereocenters. The number of para-hydroxylation sites is 2. The van der Waals surface area contributed by atoms with Crippen LogP contribution in [-0.4, -0.2) is 11.6 Å². The van der Waals surface area contributed by atoms with Gasteiger partial charge in [0.05, 0.1) is 11.0 Å². The van der Waals surface area contributed by atoms with Crippen molar-refractivity contribution in [1.29, 1.82) is 0 Å². The molecule has 0 aliphatic heterocycles. The number of anilines is 1. The van der Waals surface area contributed by atoms with E-state index < -0.39 is 0 Å². The third kappa shape index (κ3) is 4.72. The summed E-state index contributed by atoms with van der Waals surface area (Å²) in [4.78, 5) is 2.32. The van der Waals surface area contributed by atoms with Crippen molar-refractivity contribution in [1.82, 2.24) is 4.57 Å². The van der Waals surface area contributed by atoms with Crippen molar-refractivity contribution in [3.63, 3.8) is 0 Å². The minimum Gasteiger partial charge on any atom is -0.348 e. The molecule has 0 saturated carbocycles. The average molecular weight is 485 g/mol. The molecule has 186 valence electrons. The van der Waals surface area contributed by atoms with Gasteiger partial charge in [-0.3, -0.25) is 0 Å². The summed E-state index contributed by atoms with van der Waals surface area (Å²) in [5, 5.41) is 2.56. The van der Waals surface area contributed by atoms with Crippen molar-refractivity contribution < 1.29 is 0 Å². The zero-order valence-electron chi connectivity index (χ0n) is 22.6. The molecule has 1 heterocycles. The summed E-state index contributed by atoms with van der Waals surface area (Å²) in [7, 11) is 2.17. The Hall–Kier alpha value is -4.04. The first-order valence-corrected chi connectivity index (χ1v) is 13.3. The van der Waals surface area contributed by atoms with Crippen LogP contribution in [0.1, 0.15) is 45.6 Å². The molecule has 0 aliphatic rings. The van der Waals surface area contributed by atoms with Gasteiger partial charge in [-0.05, 0) is 78.4 Å². The quantitative estimate of drug-likeness (QED) is 0.209. The number of aromatic nitrogens is 1. The third-order valence-corrected chi connectivity index (χ3v) is 7.27. The van der Waals surface area contributed by atoms with E-state index >= 15 is 0 Å². The van der Waals surface area contributed by atoms with Gasteiger partial charge in [0.2, 0.25) is 0 Å². The van der Waals surface area contributed by atoms with E-state index in [9.17, 15) is 0 Å². The molecule has 0 bridgehead atoms. The van der Waals surface area contributed by atoms with Crippen molar-refractivity contribution in [2.45, 2.75) is 40.0 Å². The molecule has 0 radical (unpaired) electrons. The standard InChI is InChI=1S/C35H36N2/c1-6-7-9-14-26(4)36(5)35-24-28(19-21-30(35)25(2)3)27-20-22-34-32(23-27)31-17-12-13-18-33(31)37(34)29-15-10-8-11-16-29/h7-25H,6H2,1-5H3/b9-7-,26-14+. The van der Waals surface area contributed by atoms with Crippen LogP contribution in [0.4, 0.5) is 5.69 Å². The number of fused-ring (bicyclic) bond motifs is 3. The predicted octanol–water partition coefficient (Wildman–Crippen LogP) is 9.88. The first kappa shape index (κ1) is 24.6. The maximum Gasteiger partial charge on any atom is 0.0541 e. The summed E-state index contributed by atoms with van der Waals surface area (Å²) in [5.74, 6) is 0.441. The van der Waals surface area contributed by atoms with Gasteiger partial charge < -0.3 is 9.47 Å². The second-order valence-electron chi connectivity index (χ2n) is 10.1. The van der Waals surface area contributed by atoms with Gasteiger partial charge in [-0.25, -0.2) is 0 Å². The van der Waals surface area contributed by atoms with Crippen LogP contribution in [0.2, 0.25) is 0 Å². The smallest absolute Gasteiger partial charge is 0.0541 e. The maximum absolute atomic E-state index is 2.37. The van der Waals surface area contributed by atoms with Crippen molar-refractivity contribution in [3.8, 4) is 16.8 Å². The van der Waals surface area contributed by atoms with Crippen LogP contribution >= 0.6 is 0 Å². The lowest BCUT2D eigenvalue weighted by atomic mass is 9.95. The fraction of sp³-hybridized carbons (Fsp3) is 0.200. The average Bonchev–Trinajstić information content (AvgIpc) is 3.26. The number of rotatable bonds is 7. The maximum atomic E-state index is 2.37. The molecule has 37 heavy (non-hydrogen) atoms. The highest BCUT2D eigenvalue weighted by Crippen LogP contribution is 2.37. The van der Waals surface area contributed by atoms with Gasteiger partial charge in [-0.1, -0.05) is 87.5 Å². The Bertz CT molecular complexity index is 1600. The number of hydrogen-bond donors (Lipinski definition) is 0. The molecule has 0 spiro atoms. The Morgan fingerprint density at radius 3 is 2.24 bits per heavy atom. The highest BCUT2D eigenvalue weighted by molar-refractivity contribution is 6.10. The monoisotopic (exact) mass is 484 g/mol. The second-order valence-corrected chi connectivity index (χ2v) is 10.1. The van der Waals surface area contributed by atoms with Crippen LogP contribution in [0, 0.1) is 0 Å². The van der Waals surface area contributed by atoms with E-state index in [1.54, 1.807) is 0 Å². The molecule has 0 N–H and O–H groups in total. The fourth-order valence-corrected chi connectivity index (χ4v) is 5.15. The first-order chi connectivity index (χ1) is 18.0. The number of benzene rings is 4. The SMILES string of the molecule is CC/C=C\C=C(/C)N(C)c1cc(-c2ccc3c(c2)c2ccccc2n3-c2ccccc2)ccc1C(C)C. The van der Waals surface area contributed by atoms with Gasteiger partial charge in [-0.2, -0.15) is 0 Å². The minimum absolute atomic E-state index is 0.441. The van der Waals surface area contributed by atoms with Crippen molar-refractivity contribution in [3.05, 3.63) is 120 Å². The molecule has 0 saturated heterocycles. The van der Waals surface area contributed by atoms with E-state index in [2.05, 4.69) is 153 Å². The minimum atomic E-state index is 0.441. The number of hydrogen-bond acceptors (Lipinski definition) is 1. The molecule has 2 heteroatoms. The van der Waals surface area contributed by atoms with Crippen molar-refractivity contribution in [2.24, 2.45) is 0 Å². The number of allylic oxidation sites excluding steroid dienone is 4. The van der Waals surface area contributed by atoms with Crippen molar-refractivity contribution in [2.75, 3.05) is 11.9 Å². The summed E-state index contributed by atoms with van der Waals surface area (Å²) in [6.45, 7) is 8.89. The summed E-state index contributed by atoms with van der Waals surface area (Å²) >= 11 is 0. The summed E-state index contributed by atoms with van der Waals surface area (Å²) in [5.41, 5.74) is 9.97. The molecule has 0 aliphatic carbocycles. The van der Waals surface area contributed by atoms with Crippen molar-refractivity contribution >= 4 is 27.5 Å². The second kappa shape index (κ2) is 10.5. The van der Waals surface area contributed by atoms with Crippen LogP contribution in [0.5, 0.6) is 0 Å². The number of nitrogens with zero attached hydrogens (tertiary/aromatic N) is 2. The van der Waals surface area contributed by atoms with E-state index in [1.807, 2.05) is 0 Å². The Balaban J connectivity index is 1.65. The highest BCUT2D eigenvalue weighted by Gasteiger charge is 2.16. The van der Waals surface area contributed by atoms with Gasteiger partial charge in [0.1, 0.15) is 0 Å². The van der Waals surface area contributed by atoms with E-state index in [1.165, 1.54) is 55.6 Å². The molecule has 5 rings (SSSR count). The van der Waals surface area contributed by atoms with Crippen LogP contribution in [-0.2, 0) is 0 Å². The molecule has 1 aromatic heterocycles. The molecule has 5 aromatic rings. The summed E-state index contributed by atoms with van der Waals surface area (Å²) < 4.78 is 2.37. The van der Waals surface area contributed by atoms with E-state index in [0.29, 0.717) is 5.92 Å². The van der Waals surface area contributed by atoms with Crippen LogP contribution in [0.3, 0.4) is 0 Å². The van der Waals surface area contributed by atoms with E-state index in [4.69, 9.17) is 0 Å². The lowest BCUT2D eigenvalue weighted by molar-refractivity contribution is 0.858.